The van der Waals surface area contributed by atoms with Gasteiger partial charge in [0.2, 0.25) is 0 Å². The Morgan fingerprint density at radius 1 is 1.42 bits per heavy atom. The highest BCUT2D eigenvalue weighted by Gasteiger charge is 2.37. The molecule has 3 N–H and O–H groups in total. The topological polar surface area (TPSA) is 61.4 Å². The first-order chi connectivity index (χ1) is 9.20. The fourth-order valence-electron chi connectivity index (χ4n) is 2.35. The monoisotopic (exact) mass is 262 g/mol. The number of urea groups is 1. The first-order valence-electron chi connectivity index (χ1n) is 6.91. The first-order valence-corrected chi connectivity index (χ1v) is 6.91. The SMILES string of the molecule is C[C@H](CCO)NC(=O)NCC1CC1c1ccccc1. The number of hydrogen-bond acceptors (Lipinski definition) is 2. The minimum Gasteiger partial charge on any atom is -0.396 e. The van der Waals surface area contributed by atoms with Crippen LogP contribution in [-0.2, 0) is 0 Å². The molecule has 0 bridgehead atoms. The van der Waals surface area contributed by atoms with E-state index in [9.17, 15) is 4.79 Å². The van der Waals surface area contributed by atoms with Crippen molar-refractivity contribution < 1.29 is 9.90 Å². The van der Waals surface area contributed by atoms with Gasteiger partial charge in [0.05, 0.1) is 0 Å². The Bertz CT molecular complexity index is 408. The number of amides is 2. The van der Waals surface area contributed by atoms with Crippen LogP contribution < -0.4 is 10.6 Å². The highest BCUT2D eigenvalue weighted by molar-refractivity contribution is 5.74. The highest BCUT2D eigenvalue weighted by Crippen LogP contribution is 2.46. The fraction of sp³-hybridized carbons (Fsp3) is 0.533. The van der Waals surface area contributed by atoms with Crippen LogP contribution in [-0.4, -0.2) is 30.3 Å². The lowest BCUT2D eigenvalue weighted by Crippen LogP contribution is -2.41. The molecule has 3 atom stereocenters. The summed E-state index contributed by atoms with van der Waals surface area (Å²) in [6.07, 6.45) is 1.74. The van der Waals surface area contributed by atoms with Gasteiger partial charge in [-0.1, -0.05) is 30.3 Å². The van der Waals surface area contributed by atoms with Gasteiger partial charge in [0, 0.05) is 19.2 Å². The lowest BCUT2D eigenvalue weighted by Gasteiger charge is -2.13. The molecule has 0 heterocycles. The van der Waals surface area contributed by atoms with Gasteiger partial charge in [-0.2, -0.15) is 0 Å². The largest absolute Gasteiger partial charge is 0.396 e. The number of aliphatic hydroxyl groups excluding tert-OH is 1. The summed E-state index contributed by atoms with van der Waals surface area (Å²) in [5, 5.41) is 14.5. The minimum absolute atomic E-state index is 0.00845. The molecule has 4 heteroatoms. The van der Waals surface area contributed by atoms with Crippen molar-refractivity contribution in [3.63, 3.8) is 0 Å². The number of aliphatic hydroxyl groups is 1. The molecule has 2 rings (SSSR count). The summed E-state index contributed by atoms with van der Waals surface area (Å²) < 4.78 is 0. The molecule has 2 unspecified atom stereocenters. The highest BCUT2D eigenvalue weighted by atomic mass is 16.3. The van der Waals surface area contributed by atoms with Gasteiger partial charge >= 0.3 is 6.03 Å². The van der Waals surface area contributed by atoms with E-state index < -0.39 is 0 Å². The molecule has 19 heavy (non-hydrogen) atoms. The average molecular weight is 262 g/mol. The number of carbonyl (C=O) groups excluding carboxylic acids is 1. The van der Waals surface area contributed by atoms with Gasteiger partial charge in [-0.15, -0.1) is 0 Å². The number of carbonyl (C=O) groups is 1. The van der Waals surface area contributed by atoms with Gasteiger partial charge in [0.1, 0.15) is 0 Å². The molecule has 0 saturated heterocycles. The van der Waals surface area contributed by atoms with Crippen LogP contribution in [0.1, 0.15) is 31.2 Å². The second kappa shape index (κ2) is 6.57. The molecule has 4 nitrogen and oxygen atoms in total. The summed E-state index contributed by atoms with van der Waals surface area (Å²) >= 11 is 0. The Kier molecular flexibility index (Phi) is 4.80. The maximum atomic E-state index is 11.6. The van der Waals surface area contributed by atoms with E-state index in [0.29, 0.717) is 18.3 Å². The summed E-state index contributed by atoms with van der Waals surface area (Å²) in [6, 6.07) is 10.3. The van der Waals surface area contributed by atoms with Crippen molar-refractivity contribution in [2.24, 2.45) is 5.92 Å². The molecule has 1 aliphatic rings. The zero-order chi connectivity index (χ0) is 13.7. The van der Waals surface area contributed by atoms with Crippen LogP contribution in [0.5, 0.6) is 0 Å². The summed E-state index contributed by atoms with van der Waals surface area (Å²) in [4.78, 5) is 11.6. The summed E-state index contributed by atoms with van der Waals surface area (Å²) in [7, 11) is 0. The summed E-state index contributed by atoms with van der Waals surface area (Å²) in [5.74, 6) is 1.15. The Hall–Kier alpha value is -1.55. The molecule has 2 amide bonds. The van der Waals surface area contributed by atoms with Crippen LogP contribution in [0.25, 0.3) is 0 Å². The molecule has 1 saturated carbocycles. The number of benzene rings is 1. The third kappa shape index (κ3) is 4.24. The van der Waals surface area contributed by atoms with Gasteiger partial charge in [-0.05, 0) is 37.2 Å². The maximum Gasteiger partial charge on any atom is 0.315 e. The standard InChI is InChI=1S/C15H22N2O2/c1-11(7-8-18)17-15(19)16-10-13-9-14(13)12-5-3-2-4-6-12/h2-6,11,13-14,18H,7-10H2,1H3,(H2,16,17,19)/t11-,13?,14?/m1/s1. The molecular formula is C15H22N2O2. The van der Waals surface area contributed by atoms with E-state index in [1.54, 1.807) is 0 Å². The van der Waals surface area contributed by atoms with Crippen molar-refractivity contribution >= 4 is 6.03 Å². The maximum absolute atomic E-state index is 11.6. The van der Waals surface area contributed by atoms with Crippen LogP contribution in [0, 0.1) is 5.92 Å². The number of nitrogens with one attached hydrogen (secondary N) is 2. The van der Waals surface area contributed by atoms with Crippen molar-refractivity contribution in [3.05, 3.63) is 35.9 Å². The van der Waals surface area contributed by atoms with E-state index in [1.165, 1.54) is 5.56 Å². The molecule has 104 valence electrons. The quantitative estimate of drug-likeness (QED) is 0.733. The van der Waals surface area contributed by atoms with Crippen molar-refractivity contribution in [1.82, 2.24) is 10.6 Å². The average Bonchev–Trinajstić information content (AvgIpc) is 3.17. The van der Waals surface area contributed by atoms with E-state index in [0.717, 1.165) is 13.0 Å². The smallest absolute Gasteiger partial charge is 0.315 e. The first kappa shape index (κ1) is 13.9. The summed E-state index contributed by atoms with van der Waals surface area (Å²) in [5.41, 5.74) is 1.36. The molecule has 0 aliphatic heterocycles. The third-order valence-corrected chi connectivity index (χ3v) is 3.61. The van der Waals surface area contributed by atoms with E-state index in [4.69, 9.17) is 5.11 Å². The zero-order valence-electron chi connectivity index (χ0n) is 11.3. The predicted molar refractivity (Wildman–Crippen MR) is 75.0 cm³/mol. The van der Waals surface area contributed by atoms with Gasteiger partial charge in [0.25, 0.3) is 0 Å². The van der Waals surface area contributed by atoms with Gasteiger partial charge in [-0.25, -0.2) is 4.79 Å². The van der Waals surface area contributed by atoms with E-state index in [-0.39, 0.29) is 18.7 Å². The molecular weight excluding hydrogens is 240 g/mol. The predicted octanol–water partition coefficient (Wildman–Crippen LogP) is 1.86. The molecule has 0 radical (unpaired) electrons. The third-order valence-electron chi connectivity index (χ3n) is 3.61. The van der Waals surface area contributed by atoms with Crippen LogP contribution in [0.4, 0.5) is 4.79 Å². The van der Waals surface area contributed by atoms with E-state index in [1.807, 2.05) is 13.0 Å². The second-order valence-electron chi connectivity index (χ2n) is 5.28. The molecule has 0 aromatic heterocycles. The van der Waals surface area contributed by atoms with Crippen molar-refractivity contribution in [2.75, 3.05) is 13.2 Å². The minimum atomic E-state index is -0.139. The van der Waals surface area contributed by atoms with E-state index in [2.05, 4.69) is 34.9 Å². The zero-order valence-corrected chi connectivity index (χ0v) is 11.3. The summed E-state index contributed by atoms with van der Waals surface area (Å²) in [6.45, 7) is 2.71. The molecule has 1 aliphatic carbocycles. The van der Waals surface area contributed by atoms with Crippen LogP contribution in [0.15, 0.2) is 30.3 Å². The normalized spacial score (nSPS) is 22.6. The Morgan fingerprint density at radius 3 is 2.84 bits per heavy atom. The van der Waals surface area contributed by atoms with Crippen LogP contribution in [0.3, 0.4) is 0 Å². The molecule has 0 spiro atoms. The van der Waals surface area contributed by atoms with Crippen molar-refractivity contribution in [2.45, 2.75) is 31.7 Å². The Morgan fingerprint density at radius 2 is 2.16 bits per heavy atom. The number of hydrogen-bond donors (Lipinski definition) is 3. The van der Waals surface area contributed by atoms with Crippen molar-refractivity contribution in [1.29, 1.82) is 0 Å². The van der Waals surface area contributed by atoms with E-state index >= 15 is 0 Å². The van der Waals surface area contributed by atoms with Crippen LogP contribution >= 0.6 is 0 Å². The second-order valence-corrected chi connectivity index (χ2v) is 5.28. The Labute approximate surface area is 114 Å². The molecule has 1 aromatic rings. The fourth-order valence-corrected chi connectivity index (χ4v) is 2.35. The molecule has 1 aromatic carbocycles. The van der Waals surface area contributed by atoms with Gasteiger partial charge in [0.15, 0.2) is 0 Å². The lowest BCUT2D eigenvalue weighted by atomic mass is 10.1. The van der Waals surface area contributed by atoms with Crippen LogP contribution in [0.2, 0.25) is 0 Å². The lowest BCUT2D eigenvalue weighted by molar-refractivity contribution is 0.230. The van der Waals surface area contributed by atoms with Gasteiger partial charge in [-0.3, -0.25) is 0 Å². The molecule has 1 fully saturated rings. The van der Waals surface area contributed by atoms with Gasteiger partial charge < -0.3 is 15.7 Å². The number of rotatable bonds is 6. The van der Waals surface area contributed by atoms with Crippen molar-refractivity contribution in [3.8, 4) is 0 Å². The Balaban J connectivity index is 1.66.